The summed E-state index contributed by atoms with van der Waals surface area (Å²) in [6, 6.07) is 11.0. The SMILES string of the molecule is Cc1ccc2c(c1)[nH]c(=S)n2-c1ccc(Br)c(F)c1. The summed E-state index contributed by atoms with van der Waals surface area (Å²) < 4.78 is 16.5. The topological polar surface area (TPSA) is 20.7 Å². The molecule has 19 heavy (non-hydrogen) atoms. The van der Waals surface area contributed by atoms with Crippen LogP contribution >= 0.6 is 28.1 Å². The fourth-order valence-corrected chi connectivity index (χ4v) is 2.67. The van der Waals surface area contributed by atoms with E-state index in [1.54, 1.807) is 6.07 Å². The molecule has 0 atom stereocenters. The molecule has 0 saturated heterocycles. The van der Waals surface area contributed by atoms with E-state index < -0.39 is 0 Å². The van der Waals surface area contributed by atoms with Gasteiger partial charge in [0.25, 0.3) is 0 Å². The average Bonchev–Trinajstić information content (AvgIpc) is 2.68. The molecular formula is C14H10BrFN2S. The zero-order chi connectivity index (χ0) is 13.6. The summed E-state index contributed by atoms with van der Waals surface area (Å²) in [6.07, 6.45) is 0. The third kappa shape index (κ3) is 2.13. The van der Waals surface area contributed by atoms with E-state index in [0.29, 0.717) is 14.9 Å². The van der Waals surface area contributed by atoms with Crippen LogP contribution in [0.5, 0.6) is 0 Å². The molecule has 1 aromatic heterocycles. The van der Waals surface area contributed by atoms with Crippen molar-refractivity contribution >= 4 is 39.2 Å². The van der Waals surface area contributed by atoms with E-state index in [4.69, 9.17) is 12.2 Å². The van der Waals surface area contributed by atoms with Gasteiger partial charge in [0.2, 0.25) is 0 Å². The number of nitrogens with zero attached hydrogens (tertiary/aromatic N) is 1. The Morgan fingerprint density at radius 3 is 2.74 bits per heavy atom. The highest BCUT2D eigenvalue weighted by Gasteiger charge is 2.08. The molecule has 3 aromatic rings. The first-order chi connectivity index (χ1) is 9.06. The van der Waals surface area contributed by atoms with Crippen molar-refractivity contribution in [1.29, 1.82) is 0 Å². The van der Waals surface area contributed by atoms with Crippen molar-refractivity contribution in [2.75, 3.05) is 0 Å². The second-order valence-corrected chi connectivity index (χ2v) is 5.63. The highest BCUT2D eigenvalue weighted by Crippen LogP contribution is 2.23. The van der Waals surface area contributed by atoms with Gasteiger partial charge in [-0.3, -0.25) is 4.57 Å². The molecule has 0 unspecified atom stereocenters. The smallest absolute Gasteiger partial charge is 0.182 e. The van der Waals surface area contributed by atoms with Crippen molar-refractivity contribution in [2.45, 2.75) is 6.92 Å². The predicted molar refractivity (Wildman–Crippen MR) is 80.9 cm³/mol. The standard InChI is InChI=1S/C14H10BrFN2S/c1-8-2-5-13-12(6-8)17-14(19)18(13)9-3-4-10(15)11(16)7-9/h2-7H,1H3,(H,17,19). The van der Waals surface area contributed by atoms with Crippen LogP contribution < -0.4 is 0 Å². The average molecular weight is 337 g/mol. The van der Waals surface area contributed by atoms with E-state index in [2.05, 4.69) is 20.9 Å². The molecule has 0 aliphatic rings. The van der Waals surface area contributed by atoms with E-state index >= 15 is 0 Å². The first-order valence-electron chi connectivity index (χ1n) is 5.73. The number of aromatic nitrogens is 2. The number of benzene rings is 2. The van der Waals surface area contributed by atoms with Gasteiger partial charge in [0, 0.05) is 0 Å². The maximum absolute atomic E-state index is 13.7. The van der Waals surface area contributed by atoms with Gasteiger partial charge in [-0.25, -0.2) is 4.39 Å². The van der Waals surface area contributed by atoms with Crippen LogP contribution in [0, 0.1) is 17.5 Å². The molecule has 96 valence electrons. The molecule has 1 heterocycles. The van der Waals surface area contributed by atoms with Crippen molar-refractivity contribution in [3.05, 3.63) is 57.0 Å². The number of aryl methyl sites for hydroxylation is 1. The number of imidazole rings is 1. The number of aromatic amines is 1. The van der Waals surface area contributed by atoms with Crippen LogP contribution in [-0.2, 0) is 0 Å². The largest absolute Gasteiger partial charge is 0.330 e. The molecule has 1 N–H and O–H groups in total. The maximum atomic E-state index is 13.7. The highest BCUT2D eigenvalue weighted by atomic mass is 79.9. The maximum Gasteiger partial charge on any atom is 0.182 e. The molecular weight excluding hydrogens is 327 g/mol. The number of nitrogens with one attached hydrogen (secondary N) is 1. The lowest BCUT2D eigenvalue weighted by Crippen LogP contribution is -1.95. The van der Waals surface area contributed by atoms with Crippen molar-refractivity contribution in [1.82, 2.24) is 9.55 Å². The molecule has 3 rings (SSSR count). The Hall–Kier alpha value is -1.46. The summed E-state index contributed by atoms with van der Waals surface area (Å²) in [6.45, 7) is 2.02. The quantitative estimate of drug-likeness (QED) is 0.627. The summed E-state index contributed by atoms with van der Waals surface area (Å²) >= 11 is 8.48. The molecule has 2 aromatic carbocycles. The van der Waals surface area contributed by atoms with Gasteiger partial charge in [0.15, 0.2) is 4.77 Å². The van der Waals surface area contributed by atoms with Gasteiger partial charge in [-0.2, -0.15) is 0 Å². The molecule has 0 aliphatic heterocycles. The monoisotopic (exact) mass is 336 g/mol. The molecule has 0 bridgehead atoms. The van der Waals surface area contributed by atoms with Crippen LogP contribution in [0.2, 0.25) is 0 Å². The minimum absolute atomic E-state index is 0.305. The summed E-state index contributed by atoms with van der Waals surface area (Å²) in [5.74, 6) is -0.305. The first-order valence-corrected chi connectivity index (χ1v) is 6.93. The molecule has 0 amide bonds. The summed E-state index contributed by atoms with van der Waals surface area (Å²) in [4.78, 5) is 3.14. The number of hydrogen-bond donors (Lipinski definition) is 1. The third-order valence-corrected chi connectivity index (χ3v) is 3.93. The lowest BCUT2D eigenvalue weighted by Gasteiger charge is -2.05. The van der Waals surface area contributed by atoms with Crippen molar-refractivity contribution in [2.24, 2.45) is 0 Å². The number of hydrogen-bond acceptors (Lipinski definition) is 1. The van der Waals surface area contributed by atoms with Crippen LogP contribution in [0.4, 0.5) is 4.39 Å². The van der Waals surface area contributed by atoms with Crippen LogP contribution in [0.15, 0.2) is 40.9 Å². The number of fused-ring (bicyclic) bond motifs is 1. The van der Waals surface area contributed by atoms with E-state index in [9.17, 15) is 4.39 Å². The van der Waals surface area contributed by atoms with Crippen molar-refractivity contribution < 1.29 is 4.39 Å². The Kier molecular flexibility index (Phi) is 3.03. The second-order valence-electron chi connectivity index (χ2n) is 4.38. The molecule has 0 aliphatic carbocycles. The van der Waals surface area contributed by atoms with Gasteiger partial charge < -0.3 is 4.98 Å². The van der Waals surface area contributed by atoms with Gasteiger partial charge >= 0.3 is 0 Å². The van der Waals surface area contributed by atoms with Crippen LogP contribution in [0.1, 0.15) is 5.56 Å². The Morgan fingerprint density at radius 1 is 1.21 bits per heavy atom. The molecule has 0 radical (unpaired) electrons. The lowest BCUT2D eigenvalue weighted by molar-refractivity contribution is 0.620. The van der Waals surface area contributed by atoms with Gasteiger partial charge in [-0.05, 0) is 71.0 Å². The normalized spacial score (nSPS) is 11.1. The van der Waals surface area contributed by atoms with E-state index in [-0.39, 0.29) is 5.82 Å². The van der Waals surface area contributed by atoms with E-state index in [1.165, 1.54) is 6.07 Å². The number of rotatable bonds is 1. The fraction of sp³-hybridized carbons (Fsp3) is 0.0714. The van der Waals surface area contributed by atoms with Gasteiger partial charge in [-0.1, -0.05) is 6.07 Å². The van der Waals surface area contributed by atoms with Crippen molar-refractivity contribution in [3.8, 4) is 5.69 Å². The van der Waals surface area contributed by atoms with Gasteiger partial charge in [0.1, 0.15) is 5.82 Å². The zero-order valence-corrected chi connectivity index (χ0v) is 12.5. The van der Waals surface area contributed by atoms with Gasteiger partial charge in [0.05, 0.1) is 21.2 Å². The van der Waals surface area contributed by atoms with E-state index in [0.717, 1.165) is 16.6 Å². The summed E-state index contributed by atoms with van der Waals surface area (Å²) in [5.41, 5.74) is 3.75. The molecule has 2 nitrogen and oxygen atoms in total. The molecule has 0 spiro atoms. The zero-order valence-electron chi connectivity index (χ0n) is 10.1. The Bertz CT molecular complexity index is 835. The number of halogens is 2. The molecule has 0 saturated carbocycles. The van der Waals surface area contributed by atoms with Crippen molar-refractivity contribution in [3.63, 3.8) is 0 Å². The van der Waals surface area contributed by atoms with Gasteiger partial charge in [-0.15, -0.1) is 0 Å². The van der Waals surface area contributed by atoms with Crippen LogP contribution in [0.25, 0.3) is 16.7 Å². The Labute approximate surface area is 123 Å². The molecule has 0 fully saturated rings. The first kappa shape index (κ1) is 12.6. The number of H-pyrrole nitrogens is 1. The summed E-state index contributed by atoms with van der Waals surface area (Å²) in [7, 11) is 0. The lowest BCUT2D eigenvalue weighted by atomic mass is 10.2. The highest BCUT2D eigenvalue weighted by molar-refractivity contribution is 9.10. The third-order valence-electron chi connectivity index (χ3n) is 3.00. The minimum Gasteiger partial charge on any atom is -0.330 e. The Morgan fingerprint density at radius 2 is 2.00 bits per heavy atom. The fourth-order valence-electron chi connectivity index (χ4n) is 2.11. The van der Waals surface area contributed by atoms with E-state index in [1.807, 2.05) is 35.8 Å². The summed E-state index contributed by atoms with van der Waals surface area (Å²) in [5, 5.41) is 0. The second kappa shape index (κ2) is 4.58. The predicted octanol–water partition coefficient (Wildman–Crippen LogP) is 4.90. The molecule has 5 heteroatoms. The van der Waals surface area contributed by atoms with Crippen LogP contribution in [0.3, 0.4) is 0 Å². The Balaban J connectivity index is 2.32. The minimum atomic E-state index is -0.305. The van der Waals surface area contributed by atoms with Crippen LogP contribution in [-0.4, -0.2) is 9.55 Å².